The molecule has 15 heavy (non-hydrogen) atoms. The van der Waals surface area contributed by atoms with Gasteiger partial charge in [-0.15, -0.1) is 0 Å². The van der Waals surface area contributed by atoms with Crippen molar-refractivity contribution in [3.63, 3.8) is 0 Å². The fourth-order valence-corrected chi connectivity index (χ4v) is 1.48. The lowest BCUT2D eigenvalue weighted by Crippen LogP contribution is -2.46. The Morgan fingerprint density at radius 1 is 1.20 bits per heavy atom. The zero-order chi connectivity index (χ0) is 11.7. The Bertz CT molecular complexity index is 178. The molecule has 1 atom stereocenters. The third-order valence-electron chi connectivity index (χ3n) is 2.47. The summed E-state index contributed by atoms with van der Waals surface area (Å²) >= 11 is 0. The molecule has 3 nitrogen and oxygen atoms in total. The summed E-state index contributed by atoms with van der Waals surface area (Å²) in [6.07, 6.45) is 6.05. The van der Waals surface area contributed by atoms with E-state index in [-0.39, 0.29) is 5.97 Å². The van der Waals surface area contributed by atoms with E-state index in [9.17, 15) is 4.79 Å². The molecular formula is C12H25NO2. The normalized spacial score (nSPS) is 14.7. The Balaban J connectivity index is 3.64. The predicted molar refractivity (Wildman–Crippen MR) is 62.6 cm³/mol. The Labute approximate surface area is 93.4 Å². The number of rotatable bonds is 8. The predicted octanol–water partition coefficient (Wildman–Crippen LogP) is 2.63. The average molecular weight is 215 g/mol. The molecular weight excluding hydrogens is 190 g/mol. The van der Waals surface area contributed by atoms with E-state index in [2.05, 4.69) is 6.92 Å². The van der Waals surface area contributed by atoms with Gasteiger partial charge in [-0.2, -0.15) is 0 Å². The van der Waals surface area contributed by atoms with Crippen LogP contribution in [0, 0.1) is 0 Å². The van der Waals surface area contributed by atoms with Gasteiger partial charge in [0.25, 0.3) is 0 Å². The Hall–Kier alpha value is -0.570. The van der Waals surface area contributed by atoms with Crippen molar-refractivity contribution in [2.45, 2.75) is 64.8 Å². The molecule has 0 rings (SSSR count). The van der Waals surface area contributed by atoms with Crippen molar-refractivity contribution in [3.8, 4) is 0 Å². The molecule has 3 heteroatoms. The quantitative estimate of drug-likeness (QED) is 0.500. The highest BCUT2D eigenvalue weighted by molar-refractivity contribution is 5.79. The van der Waals surface area contributed by atoms with Crippen LogP contribution in [0.15, 0.2) is 0 Å². The molecule has 0 amide bonds. The van der Waals surface area contributed by atoms with Gasteiger partial charge in [0.2, 0.25) is 0 Å². The van der Waals surface area contributed by atoms with Gasteiger partial charge in [-0.3, -0.25) is 4.79 Å². The van der Waals surface area contributed by atoms with Crippen LogP contribution < -0.4 is 5.73 Å². The largest absolute Gasteiger partial charge is 0.464 e. The van der Waals surface area contributed by atoms with Crippen molar-refractivity contribution in [1.82, 2.24) is 0 Å². The van der Waals surface area contributed by atoms with E-state index in [0.717, 1.165) is 19.3 Å². The highest BCUT2D eigenvalue weighted by Gasteiger charge is 2.28. The Morgan fingerprint density at radius 3 is 2.40 bits per heavy atom. The first-order valence-electron chi connectivity index (χ1n) is 6.00. The van der Waals surface area contributed by atoms with Crippen LogP contribution >= 0.6 is 0 Å². The lowest BCUT2D eigenvalue weighted by molar-refractivity contribution is -0.149. The molecule has 0 bridgehead atoms. The second kappa shape index (κ2) is 7.69. The molecule has 0 aliphatic carbocycles. The fraction of sp³-hybridized carbons (Fsp3) is 0.917. The lowest BCUT2D eigenvalue weighted by atomic mass is 9.98. The molecule has 0 radical (unpaired) electrons. The zero-order valence-corrected chi connectivity index (χ0v) is 10.3. The number of hydrogen-bond acceptors (Lipinski definition) is 3. The van der Waals surface area contributed by atoms with Gasteiger partial charge in [0, 0.05) is 0 Å². The molecule has 0 aromatic rings. The summed E-state index contributed by atoms with van der Waals surface area (Å²) in [5.41, 5.74) is 5.03. The summed E-state index contributed by atoms with van der Waals surface area (Å²) in [6, 6.07) is 0. The SMILES string of the molecule is CCCCCCOC(=O)C(C)(N)CCC. The molecule has 0 spiro atoms. The number of carbonyl (C=O) groups excluding carboxylic acids is 1. The van der Waals surface area contributed by atoms with E-state index < -0.39 is 5.54 Å². The molecule has 90 valence electrons. The number of hydrogen-bond donors (Lipinski definition) is 1. The van der Waals surface area contributed by atoms with Crippen molar-refractivity contribution in [1.29, 1.82) is 0 Å². The van der Waals surface area contributed by atoms with E-state index in [4.69, 9.17) is 10.5 Å². The third-order valence-corrected chi connectivity index (χ3v) is 2.47. The number of carbonyl (C=O) groups is 1. The van der Waals surface area contributed by atoms with Crippen LogP contribution in [0.4, 0.5) is 0 Å². The van der Waals surface area contributed by atoms with Gasteiger partial charge in [0.1, 0.15) is 5.54 Å². The van der Waals surface area contributed by atoms with Gasteiger partial charge in [-0.05, 0) is 19.8 Å². The van der Waals surface area contributed by atoms with Gasteiger partial charge >= 0.3 is 5.97 Å². The van der Waals surface area contributed by atoms with Crippen LogP contribution in [-0.2, 0) is 9.53 Å². The van der Waals surface area contributed by atoms with Gasteiger partial charge < -0.3 is 10.5 Å². The summed E-state index contributed by atoms with van der Waals surface area (Å²) in [6.45, 7) is 6.42. The first-order chi connectivity index (χ1) is 7.04. The average Bonchev–Trinajstić information content (AvgIpc) is 2.17. The minimum atomic E-state index is -0.806. The maximum atomic E-state index is 11.5. The number of esters is 1. The molecule has 0 aliphatic rings. The van der Waals surface area contributed by atoms with E-state index in [1.807, 2.05) is 6.92 Å². The summed E-state index contributed by atoms with van der Waals surface area (Å²) < 4.78 is 5.14. The summed E-state index contributed by atoms with van der Waals surface area (Å²) in [7, 11) is 0. The van der Waals surface area contributed by atoms with Gasteiger partial charge in [0.05, 0.1) is 6.61 Å². The number of nitrogens with two attached hydrogens (primary N) is 1. The van der Waals surface area contributed by atoms with Crippen molar-refractivity contribution in [2.24, 2.45) is 5.73 Å². The van der Waals surface area contributed by atoms with E-state index in [1.165, 1.54) is 12.8 Å². The van der Waals surface area contributed by atoms with Crippen LogP contribution in [0.5, 0.6) is 0 Å². The maximum absolute atomic E-state index is 11.5. The van der Waals surface area contributed by atoms with Crippen molar-refractivity contribution >= 4 is 5.97 Å². The number of unbranched alkanes of at least 4 members (excludes halogenated alkanes) is 3. The van der Waals surface area contributed by atoms with Crippen LogP contribution in [0.1, 0.15) is 59.3 Å². The minimum absolute atomic E-state index is 0.263. The molecule has 0 aromatic heterocycles. The van der Waals surface area contributed by atoms with Gasteiger partial charge in [0.15, 0.2) is 0 Å². The van der Waals surface area contributed by atoms with E-state index in [0.29, 0.717) is 13.0 Å². The lowest BCUT2D eigenvalue weighted by Gasteiger charge is -2.21. The first kappa shape index (κ1) is 14.4. The smallest absolute Gasteiger partial charge is 0.325 e. The van der Waals surface area contributed by atoms with Crippen LogP contribution in [-0.4, -0.2) is 18.1 Å². The topological polar surface area (TPSA) is 52.3 Å². The van der Waals surface area contributed by atoms with Crippen molar-refractivity contribution in [2.75, 3.05) is 6.61 Å². The van der Waals surface area contributed by atoms with Crippen LogP contribution in [0.25, 0.3) is 0 Å². The molecule has 0 saturated carbocycles. The van der Waals surface area contributed by atoms with E-state index in [1.54, 1.807) is 6.92 Å². The molecule has 0 aromatic carbocycles. The molecule has 0 saturated heterocycles. The second-order valence-electron chi connectivity index (χ2n) is 4.36. The molecule has 0 fully saturated rings. The third kappa shape index (κ3) is 6.50. The highest BCUT2D eigenvalue weighted by atomic mass is 16.5. The second-order valence-corrected chi connectivity index (χ2v) is 4.36. The van der Waals surface area contributed by atoms with Crippen molar-refractivity contribution < 1.29 is 9.53 Å². The van der Waals surface area contributed by atoms with Crippen LogP contribution in [0.2, 0.25) is 0 Å². The zero-order valence-electron chi connectivity index (χ0n) is 10.3. The van der Waals surface area contributed by atoms with Gasteiger partial charge in [-0.25, -0.2) is 0 Å². The minimum Gasteiger partial charge on any atom is -0.464 e. The standard InChI is InChI=1S/C12H25NO2/c1-4-6-7-8-10-15-11(14)12(3,13)9-5-2/h4-10,13H2,1-3H3. The monoisotopic (exact) mass is 215 g/mol. The van der Waals surface area contributed by atoms with E-state index >= 15 is 0 Å². The maximum Gasteiger partial charge on any atom is 0.325 e. The van der Waals surface area contributed by atoms with Crippen LogP contribution in [0.3, 0.4) is 0 Å². The first-order valence-corrected chi connectivity index (χ1v) is 6.00. The summed E-state index contributed by atoms with van der Waals surface area (Å²) in [5.74, 6) is -0.263. The molecule has 1 unspecified atom stereocenters. The fourth-order valence-electron chi connectivity index (χ4n) is 1.48. The summed E-state index contributed by atoms with van der Waals surface area (Å²) in [5, 5.41) is 0. The Kier molecular flexibility index (Phi) is 7.39. The molecule has 2 N–H and O–H groups in total. The number of ether oxygens (including phenoxy) is 1. The van der Waals surface area contributed by atoms with Gasteiger partial charge in [-0.1, -0.05) is 39.5 Å². The Morgan fingerprint density at radius 2 is 1.87 bits per heavy atom. The summed E-state index contributed by atoms with van der Waals surface area (Å²) in [4.78, 5) is 11.5. The highest BCUT2D eigenvalue weighted by Crippen LogP contribution is 2.11. The molecule has 0 aliphatic heterocycles. The van der Waals surface area contributed by atoms with Crippen molar-refractivity contribution in [3.05, 3.63) is 0 Å². The molecule has 0 heterocycles.